The average Bonchev–Trinajstić information content (AvgIpc) is 3.19. The maximum absolute atomic E-state index is 11.0. The predicted octanol–water partition coefficient (Wildman–Crippen LogP) is 6.73. The number of hydrogen-bond acceptors (Lipinski definition) is 16. The van der Waals surface area contributed by atoms with Gasteiger partial charge in [0.25, 0.3) is 17.1 Å². The van der Waals surface area contributed by atoms with Crippen LogP contribution in [0.3, 0.4) is 0 Å². The first-order valence-electron chi connectivity index (χ1n) is 15.8. The Hall–Kier alpha value is -7.29. The second-order valence-corrected chi connectivity index (χ2v) is 12.1. The molecule has 0 aliphatic rings. The summed E-state index contributed by atoms with van der Waals surface area (Å²) in [5, 5.41) is 36.8. The minimum atomic E-state index is -5.17. The van der Waals surface area contributed by atoms with Gasteiger partial charge in [-0.15, -0.1) is 0 Å². The van der Waals surface area contributed by atoms with Crippen LogP contribution in [0.2, 0.25) is 0 Å². The maximum Gasteiger partial charge on any atom is 2.00 e. The summed E-state index contributed by atoms with van der Waals surface area (Å²) in [7, 11) is -5.17. The molecular formula is C36H21FeN9O10S. The van der Waals surface area contributed by atoms with Crippen molar-refractivity contribution in [2.75, 3.05) is 0 Å². The minimum absolute atomic E-state index is 0. The topological polar surface area (TPSA) is 287 Å². The normalized spacial score (nSPS) is 10.7. The average molecular weight is 828 g/mol. The molecular weight excluding hydrogens is 806 g/mol. The van der Waals surface area contributed by atoms with Crippen molar-refractivity contribution in [2.45, 2.75) is 0 Å². The number of hydrogen-bond donors (Lipinski definition) is 0. The first kappa shape index (κ1) is 40.9. The molecule has 19 nitrogen and oxygen atoms in total. The van der Waals surface area contributed by atoms with Gasteiger partial charge < -0.3 is 9.11 Å². The zero-order valence-electron chi connectivity index (χ0n) is 28.5. The Morgan fingerprint density at radius 1 is 0.404 bits per heavy atom. The molecule has 0 spiro atoms. The van der Waals surface area contributed by atoms with Crippen molar-refractivity contribution >= 4 is 92.9 Å². The van der Waals surface area contributed by atoms with Crippen LogP contribution < -0.4 is 0 Å². The van der Waals surface area contributed by atoms with Crippen LogP contribution in [-0.4, -0.2) is 62.2 Å². The number of fused-ring (bicyclic) bond motifs is 9. The monoisotopic (exact) mass is 827 g/mol. The smallest absolute Gasteiger partial charge is 0.759 e. The Kier molecular flexibility index (Phi) is 12.5. The van der Waals surface area contributed by atoms with Crippen LogP contribution in [0, 0.1) is 30.3 Å². The fourth-order valence-electron chi connectivity index (χ4n) is 5.73. The van der Waals surface area contributed by atoms with Crippen LogP contribution in [0.1, 0.15) is 0 Å². The van der Waals surface area contributed by atoms with Crippen LogP contribution in [-0.2, 0) is 27.5 Å². The van der Waals surface area contributed by atoms with Gasteiger partial charge in [0.2, 0.25) is 0 Å². The van der Waals surface area contributed by atoms with Crippen LogP contribution >= 0.6 is 0 Å². The van der Waals surface area contributed by atoms with E-state index in [1.54, 1.807) is 110 Å². The van der Waals surface area contributed by atoms with Gasteiger partial charge in [0.05, 0.1) is 47.5 Å². The van der Waals surface area contributed by atoms with E-state index in [4.69, 9.17) is 17.5 Å². The fourth-order valence-corrected chi connectivity index (χ4v) is 5.73. The van der Waals surface area contributed by atoms with Gasteiger partial charge in [0.1, 0.15) is 16.6 Å². The van der Waals surface area contributed by atoms with E-state index in [-0.39, 0.29) is 34.1 Å². The molecule has 21 heteroatoms. The van der Waals surface area contributed by atoms with Crippen molar-refractivity contribution in [3.63, 3.8) is 0 Å². The molecule has 0 fully saturated rings. The van der Waals surface area contributed by atoms with E-state index >= 15 is 0 Å². The maximum atomic E-state index is 11.0. The molecule has 0 saturated carbocycles. The molecule has 0 bridgehead atoms. The summed E-state index contributed by atoms with van der Waals surface area (Å²) in [6.45, 7) is 0. The second kappa shape index (κ2) is 17.5. The Balaban J connectivity index is 0.000000153. The van der Waals surface area contributed by atoms with Crippen molar-refractivity contribution in [3.8, 4) is 0 Å². The Bertz CT molecular complexity index is 2790. The summed E-state index contributed by atoms with van der Waals surface area (Å²) in [4.78, 5) is 57.1. The van der Waals surface area contributed by atoms with Crippen LogP contribution in [0.15, 0.2) is 128 Å². The predicted molar refractivity (Wildman–Crippen MR) is 202 cm³/mol. The molecule has 0 amide bonds. The van der Waals surface area contributed by atoms with Crippen molar-refractivity contribution < 1.29 is 49.4 Å². The number of aromatic nitrogens is 6. The molecule has 3 aromatic carbocycles. The van der Waals surface area contributed by atoms with Gasteiger partial charge in [-0.1, -0.05) is 18.2 Å². The molecule has 6 heterocycles. The Morgan fingerprint density at radius 3 is 0.842 bits per heavy atom. The first-order valence-corrected chi connectivity index (χ1v) is 17.1. The number of nitro benzene ring substituents is 3. The molecule has 0 saturated heterocycles. The van der Waals surface area contributed by atoms with E-state index in [9.17, 15) is 30.3 Å². The number of rotatable bonds is 3. The van der Waals surface area contributed by atoms with Crippen LogP contribution in [0.25, 0.3) is 65.4 Å². The number of pyridine rings is 6. The third-order valence-corrected chi connectivity index (χ3v) is 7.91. The molecule has 0 N–H and O–H groups in total. The van der Waals surface area contributed by atoms with E-state index in [2.05, 4.69) is 29.9 Å². The van der Waals surface area contributed by atoms with Crippen molar-refractivity contribution in [1.29, 1.82) is 0 Å². The van der Waals surface area contributed by atoms with Gasteiger partial charge in [-0.05, 0) is 54.6 Å². The molecule has 0 aliphatic heterocycles. The van der Waals surface area contributed by atoms with Crippen LogP contribution in [0.5, 0.6) is 0 Å². The number of non-ortho nitro benzene ring substituents is 3. The fraction of sp³-hybridized carbons (Fsp3) is 0. The first-order chi connectivity index (χ1) is 26.8. The largest absolute Gasteiger partial charge is 2.00 e. The summed E-state index contributed by atoms with van der Waals surface area (Å²) in [6, 6.07) is 25.4. The number of nitrogens with zero attached hydrogens (tertiary/aromatic N) is 9. The Labute approximate surface area is 329 Å². The van der Waals surface area contributed by atoms with Crippen molar-refractivity contribution in [1.82, 2.24) is 29.9 Å². The molecule has 0 radical (unpaired) electrons. The third kappa shape index (κ3) is 9.33. The molecule has 0 aliphatic carbocycles. The summed E-state index contributed by atoms with van der Waals surface area (Å²) in [5.41, 5.74) is 3.96. The quantitative estimate of drug-likeness (QED) is 0.0445. The molecule has 57 heavy (non-hydrogen) atoms. The van der Waals surface area contributed by atoms with E-state index in [0.717, 1.165) is 16.2 Å². The number of nitro groups is 3. The molecule has 284 valence electrons. The van der Waals surface area contributed by atoms with Crippen molar-refractivity contribution in [3.05, 3.63) is 159 Å². The SMILES string of the molecule is O=S(=O)([O-])[O-].O=[N+]([O-])c1cc2cccnc2c2ncccc12.O=[N+]([O-])c1cc2cccnc2c2ncccc12.O=[N+]([O-])c1cc2cccnc2c2ncccc12.[Fe+2]. The van der Waals surface area contributed by atoms with Crippen molar-refractivity contribution in [2.24, 2.45) is 0 Å². The van der Waals surface area contributed by atoms with Crippen LogP contribution in [0.4, 0.5) is 17.1 Å². The molecule has 9 rings (SSSR count). The second-order valence-electron chi connectivity index (χ2n) is 11.3. The summed E-state index contributed by atoms with van der Waals surface area (Å²) < 4.78 is 34.1. The summed E-state index contributed by atoms with van der Waals surface area (Å²) in [5.74, 6) is 0. The van der Waals surface area contributed by atoms with Gasteiger partial charge in [-0.25, -0.2) is 0 Å². The van der Waals surface area contributed by atoms with Gasteiger partial charge in [-0.3, -0.25) is 68.7 Å². The van der Waals surface area contributed by atoms with E-state index in [1.165, 1.54) is 18.2 Å². The molecule has 6 aromatic heterocycles. The van der Waals surface area contributed by atoms with Gasteiger partial charge in [0.15, 0.2) is 0 Å². The standard InChI is InChI=1S/3C12H7N3O2.Fe.H2O4S/c3*16-15(17)10-7-8-3-1-5-13-11(8)12-9(10)4-2-6-14-12;;1-5(2,3)4/h3*1-7H;;(H2,1,2,3,4)/q;;;+2;/p-2. The minimum Gasteiger partial charge on any atom is -0.759 e. The van der Waals surface area contributed by atoms with Gasteiger partial charge in [0, 0.05) is 81.9 Å². The van der Waals surface area contributed by atoms with E-state index < -0.39 is 25.2 Å². The van der Waals surface area contributed by atoms with Gasteiger partial charge in [-0.2, -0.15) is 0 Å². The summed E-state index contributed by atoms with van der Waals surface area (Å²) in [6.07, 6.45) is 9.80. The third-order valence-electron chi connectivity index (χ3n) is 7.91. The molecule has 0 atom stereocenters. The zero-order chi connectivity index (χ0) is 40.0. The van der Waals surface area contributed by atoms with E-state index in [1.807, 2.05) is 0 Å². The summed E-state index contributed by atoms with van der Waals surface area (Å²) >= 11 is 0. The number of benzene rings is 3. The zero-order valence-corrected chi connectivity index (χ0v) is 30.4. The molecule has 9 aromatic rings. The molecule has 0 unspecified atom stereocenters. The van der Waals surface area contributed by atoms with E-state index in [0.29, 0.717) is 49.3 Å². The van der Waals surface area contributed by atoms with Gasteiger partial charge >= 0.3 is 17.1 Å². The Morgan fingerprint density at radius 2 is 0.614 bits per heavy atom.